The molecule has 106 valence electrons. The second kappa shape index (κ2) is 7.41. The maximum Gasteiger partial charge on any atom is 0.142 e. The Morgan fingerprint density at radius 3 is 2.85 bits per heavy atom. The van der Waals surface area contributed by atoms with E-state index in [0.717, 1.165) is 40.3 Å². The van der Waals surface area contributed by atoms with Crippen LogP contribution in [-0.2, 0) is 13.2 Å². The zero-order valence-electron chi connectivity index (χ0n) is 11.8. The molecular formula is C16H19BrN2O. The number of ether oxygens (including phenoxy) is 1. The highest BCUT2D eigenvalue weighted by atomic mass is 79.9. The molecular weight excluding hydrogens is 316 g/mol. The van der Waals surface area contributed by atoms with Crippen LogP contribution in [0.5, 0.6) is 5.75 Å². The van der Waals surface area contributed by atoms with Crippen molar-refractivity contribution in [1.82, 2.24) is 10.3 Å². The van der Waals surface area contributed by atoms with Crippen LogP contribution >= 0.6 is 15.9 Å². The lowest BCUT2D eigenvalue weighted by Crippen LogP contribution is -2.14. The summed E-state index contributed by atoms with van der Waals surface area (Å²) in [5.41, 5.74) is 3.10. The van der Waals surface area contributed by atoms with Gasteiger partial charge in [-0.2, -0.15) is 0 Å². The summed E-state index contributed by atoms with van der Waals surface area (Å²) < 4.78 is 6.97. The van der Waals surface area contributed by atoms with Crippen LogP contribution in [-0.4, -0.2) is 11.5 Å². The number of hydrogen-bond acceptors (Lipinski definition) is 3. The van der Waals surface area contributed by atoms with Gasteiger partial charge in [-0.3, -0.25) is 4.98 Å². The molecule has 2 rings (SSSR count). The summed E-state index contributed by atoms with van der Waals surface area (Å²) in [5, 5.41) is 3.29. The smallest absolute Gasteiger partial charge is 0.142 e. The van der Waals surface area contributed by atoms with Gasteiger partial charge in [0.15, 0.2) is 0 Å². The maximum absolute atomic E-state index is 5.91. The van der Waals surface area contributed by atoms with Gasteiger partial charge in [-0.25, -0.2) is 0 Å². The third-order valence-corrected chi connectivity index (χ3v) is 3.39. The SMILES string of the molecule is CCNCc1nc(C)ccc1OCc1cccc(Br)c1. The first kappa shape index (κ1) is 15.0. The summed E-state index contributed by atoms with van der Waals surface area (Å²) >= 11 is 3.47. The van der Waals surface area contributed by atoms with Crippen LogP contribution < -0.4 is 10.1 Å². The minimum Gasteiger partial charge on any atom is -0.487 e. The van der Waals surface area contributed by atoms with Crippen molar-refractivity contribution in [2.24, 2.45) is 0 Å². The molecule has 1 aromatic heterocycles. The molecule has 0 unspecified atom stereocenters. The Balaban J connectivity index is 2.08. The van der Waals surface area contributed by atoms with Gasteiger partial charge in [0.1, 0.15) is 12.4 Å². The number of rotatable bonds is 6. The van der Waals surface area contributed by atoms with Gasteiger partial charge in [-0.05, 0) is 43.3 Å². The van der Waals surface area contributed by atoms with E-state index in [1.165, 1.54) is 0 Å². The first-order valence-electron chi connectivity index (χ1n) is 6.73. The molecule has 1 aromatic carbocycles. The zero-order chi connectivity index (χ0) is 14.4. The summed E-state index contributed by atoms with van der Waals surface area (Å²) in [7, 11) is 0. The third-order valence-electron chi connectivity index (χ3n) is 2.90. The van der Waals surface area contributed by atoms with Crippen LogP contribution in [0, 0.1) is 6.92 Å². The maximum atomic E-state index is 5.91. The van der Waals surface area contributed by atoms with Crippen molar-refractivity contribution in [2.45, 2.75) is 27.0 Å². The lowest BCUT2D eigenvalue weighted by Gasteiger charge is -2.12. The van der Waals surface area contributed by atoms with Gasteiger partial charge in [0.05, 0.1) is 5.69 Å². The van der Waals surface area contributed by atoms with Crippen LogP contribution in [0.15, 0.2) is 40.9 Å². The largest absolute Gasteiger partial charge is 0.487 e. The molecule has 0 atom stereocenters. The van der Waals surface area contributed by atoms with E-state index in [1.54, 1.807) is 0 Å². The van der Waals surface area contributed by atoms with Crippen LogP contribution in [0.1, 0.15) is 23.9 Å². The van der Waals surface area contributed by atoms with Crippen molar-refractivity contribution in [1.29, 1.82) is 0 Å². The van der Waals surface area contributed by atoms with E-state index >= 15 is 0 Å². The standard InChI is InChI=1S/C16H19BrN2O/c1-3-18-10-15-16(8-7-12(2)19-15)20-11-13-5-4-6-14(17)9-13/h4-9,18H,3,10-11H2,1-2H3. The monoisotopic (exact) mass is 334 g/mol. The highest BCUT2D eigenvalue weighted by Gasteiger charge is 2.06. The van der Waals surface area contributed by atoms with E-state index in [2.05, 4.69) is 45.3 Å². The molecule has 0 bridgehead atoms. The van der Waals surface area contributed by atoms with E-state index in [0.29, 0.717) is 6.61 Å². The molecule has 0 saturated carbocycles. The highest BCUT2D eigenvalue weighted by Crippen LogP contribution is 2.19. The highest BCUT2D eigenvalue weighted by molar-refractivity contribution is 9.10. The van der Waals surface area contributed by atoms with E-state index < -0.39 is 0 Å². The minimum absolute atomic E-state index is 0.545. The summed E-state index contributed by atoms with van der Waals surface area (Å²) in [6.45, 7) is 6.27. The second-order valence-electron chi connectivity index (χ2n) is 4.60. The van der Waals surface area contributed by atoms with Gasteiger partial charge < -0.3 is 10.1 Å². The van der Waals surface area contributed by atoms with Crippen LogP contribution in [0.4, 0.5) is 0 Å². The average molecular weight is 335 g/mol. The number of hydrogen-bond donors (Lipinski definition) is 1. The van der Waals surface area contributed by atoms with Crippen molar-refractivity contribution in [3.8, 4) is 5.75 Å². The molecule has 0 aliphatic carbocycles. The Hall–Kier alpha value is -1.39. The fourth-order valence-corrected chi connectivity index (χ4v) is 2.33. The van der Waals surface area contributed by atoms with Crippen molar-refractivity contribution < 1.29 is 4.74 Å². The molecule has 0 aliphatic rings. The number of halogens is 1. The molecule has 20 heavy (non-hydrogen) atoms. The van der Waals surface area contributed by atoms with Crippen molar-refractivity contribution in [2.75, 3.05) is 6.54 Å². The number of aryl methyl sites for hydroxylation is 1. The van der Waals surface area contributed by atoms with Gasteiger partial charge in [-0.1, -0.05) is 35.0 Å². The zero-order valence-corrected chi connectivity index (χ0v) is 13.4. The predicted molar refractivity (Wildman–Crippen MR) is 84.8 cm³/mol. The fourth-order valence-electron chi connectivity index (χ4n) is 1.89. The normalized spacial score (nSPS) is 10.6. The molecule has 2 aromatic rings. The fraction of sp³-hybridized carbons (Fsp3) is 0.312. The third kappa shape index (κ3) is 4.32. The van der Waals surface area contributed by atoms with E-state index in [-0.39, 0.29) is 0 Å². The molecule has 0 spiro atoms. The van der Waals surface area contributed by atoms with Crippen LogP contribution in [0.25, 0.3) is 0 Å². The van der Waals surface area contributed by atoms with Gasteiger partial charge in [0.2, 0.25) is 0 Å². The van der Waals surface area contributed by atoms with Crippen molar-refractivity contribution in [3.63, 3.8) is 0 Å². The number of aromatic nitrogens is 1. The molecule has 0 fully saturated rings. The predicted octanol–water partition coefficient (Wildman–Crippen LogP) is 3.84. The van der Waals surface area contributed by atoms with Crippen molar-refractivity contribution >= 4 is 15.9 Å². The summed E-state index contributed by atoms with van der Waals surface area (Å²) in [5.74, 6) is 0.844. The molecule has 0 amide bonds. The van der Waals surface area contributed by atoms with Gasteiger partial charge in [-0.15, -0.1) is 0 Å². The van der Waals surface area contributed by atoms with Gasteiger partial charge >= 0.3 is 0 Å². The Morgan fingerprint density at radius 2 is 2.10 bits per heavy atom. The lowest BCUT2D eigenvalue weighted by atomic mass is 10.2. The summed E-state index contributed by atoms with van der Waals surface area (Å²) in [6, 6.07) is 12.1. The molecule has 0 radical (unpaired) electrons. The van der Waals surface area contributed by atoms with E-state index in [1.807, 2.05) is 31.2 Å². The van der Waals surface area contributed by atoms with Crippen LogP contribution in [0.3, 0.4) is 0 Å². The molecule has 1 N–H and O–H groups in total. The van der Waals surface area contributed by atoms with Crippen LogP contribution in [0.2, 0.25) is 0 Å². The molecule has 0 aliphatic heterocycles. The molecule has 3 nitrogen and oxygen atoms in total. The molecule has 4 heteroatoms. The minimum atomic E-state index is 0.545. The average Bonchev–Trinajstić information content (AvgIpc) is 2.44. The Kier molecular flexibility index (Phi) is 5.56. The molecule has 0 saturated heterocycles. The van der Waals surface area contributed by atoms with Gasteiger partial charge in [0.25, 0.3) is 0 Å². The Morgan fingerprint density at radius 1 is 1.25 bits per heavy atom. The Bertz CT molecular complexity index is 572. The van der Waals surface area contributed by atoms with Crippen molar-refractivity contribution in [3.05, 3.63) is 57.8 Å². The number of nitrogens with one attached hydrogen (secondary N) is 1. The van der Waals surface area contributed by atoms with Gasteiger partial charge in [0, 0.05) is 16.7 Å². The summed E-state index contributed by atoms with van der Waals surface area (Å²) in [6.07, 6.45) is 0. The summed E-state index contributed by atoms with van der Waals surface area (Å²) in [4.78, 5) is 4.54. The Labute approximate surface area is 128 Å². The first-order valence-corrected chi connectivity index (χ1v) is 7.53. The van der Waals surface area contributed by atoms with E-state index in [9.17, 15) is 0 Å². The topological polar surface area (TPSA) is 34.2 Å². The van der Waals surface area contributed by atoms with E-state index in [4.69, 9.17) is 4.74 Å². The second-order valence-corrected chi connectivity index (χ2v) is 5.51. The number of pyridine rings is 1. The quantitative estimate of drug-likeness (QED) is 0.871. The number of benzene rings is 1. The first-order chi connectivity index (χ1) is 9.69. The molecule has 1 heterocycles. The number of nitrogens with zero attached hydrogens (tertiary/aromatic N) is 1. The lowest BCUT2D eigenvalue weighted by molar-refractivity contribution is 0.300.